The van der Waals surface area contributed by atoms with Gasteiger partial charge in [0.2, 0.25) is 0 Å². The first kappa shape index (κ1) is 11.5. The standard InChI is InChI=1S/C13H9Cl2N3/c1-7-3-2-4-10(16-7)13-17-11-5-8(14)9(15)6-12(11)18-13/h2-6H,1H3,(H,17,18). The van der Waals surface area contributed by atoms with Gasteiger partial charge < -0.3 is 4.98 Å². The van der Waals surface area contributed by atoms with Crippen molar-refractivity contribution in [2.24, 2.45) is 0 Å². The molecule has 0 amide bonds. The molecule has 0 radical (unpaired) electrons. The highest BCUT2D eigenvalue weighted by molar-refractivity contribution is 6.42. The summed E-state index contributed by atoms with van der Waals surface area (Å²) in [6.45, 7) is 1.94. The zero-order chi connectivity index (χ0) is 12.7. The van der Waals surface area contributed by atoms with E-state index in [1.807, 2.05) is 25.1 Å². The molecule has 0 saturated heterocycles. The Morgan fingerprint density at radius 1 is 1.06 bits per heavy atom. The van der Waals surface area contributed by atoms with E-state index in [1.165, 1.54) is 0 Å². The van der Waals surface area contributed by atoms with E-state index in [9.17, 15) is 0 Å². The monoisotopic (exact) mass is 277 g/mol. The van der Waals surface area contributed by atoms with Crippen LogP contribution in [0.15, 0.2) is 30.3 Å². The van der Waals surface area contributed by atoms with Gasteiger partial charge in [-0.2, -0.15) is 0 Å². The summed E-state index contributed by atoms with van der Waals surface area (Å²) in [6.07, 6.45) is 0. The van der Waals surface area contributed by atoms with Crippen molar-refractivity contribution in [3.8, 4) is 11.5 Å². The lowest BCUT2D eigenvalue weighted by Crippen LogP contribution is -1.87. The van der Waals surface area contributed by atoms with Crippen molar-refractivity contribution in [2.75, 3.05) is 0 Å². The molecule has 0 aliphatic rings. The van der Waals surface area contributed by atoms with E-state index in [1.54, 1.807) is 12.1 Å². The lowest BCUT2D eigenvalue weighted by atomic mass is 10.3. The fourth-order valence-electron chi connectivity index (χ4n) is 1.80. The number of benzene rings is 1. The minimum atomic E-state index is 0.499. The number of rotatable bonds is 1. The summed E-state index contributed by atoms with van der Waals surface area (Å²) in [5.74, 6) is 0.715. The Balaban J connectivity index is 2.19. The van der Waals surface area contributed by atoms with Gasteiger partial charge >= 0.3 is 0 Å². The zero-order valence-corrected chi connectivity index (χ0v) is 11.0. The number of aromatic amines is 1. The van der Waals surface area contributed by atoms with Crippen LogP contribution >= 0.6 is 23.2 Å². The average molecular weight is 278 g/mol. The van der Waals surface area contributed by atoms with Crippen molar-refractivity contribution in [1.82, 2.24) is 15.0 Å². The van der Waals surface area contributed by atoms with E-state index in [2.05, 4.69) is 15.0 Å². The fourth-order valence-corrected chi connectivity index (χ4v) is 2.12. The highest BCUT2D eigenvalue weighted by atomic mass is 35.5. The molecule has 0 unspecified atom stereocenters. The second kappa shape index (κ2) is 4.26. The molecular formula is C13H9Cl2N3. The molecule has 0 spiro atoms. The molecule has 90 valence electrons. The van der Waals surface area contributed by atoms with Gasteiger partial charge in [0, 0.05) is 5.69 Å². The highest BCUT2D eigenvalue weighted by Crippen LogP contribution is 2.28. The Labute approximate surface area is 114 Å². The number of nitrogens with one attached hydrogen (secondary N) is 1. The van der Waals surface area contributed by atoms with Crippen LogP contribution in [-0.2, 0) is 0 Å². The van der Waals surface area contributed by atoms with Crippen molar-refractivity contribution < 1.29 is 0 Å². The van der Waals surface area contributed by atoms with Gasteiger partial charge in [0.05, 0.1) is 21.1 Å². The van der Waals surface area contributed by atoms with Crippen LogP contribution in [0.25, 0.3) is 22.6 Å². The van der Waals surface area contributed by atoms with E-state index in [0.717, 1.165) is 22.4 Å². The first-order valence-corrected chi connectivity index (χ1v) is 6.18. The van der Waals surface area contributed by atoms with Gasteiger partial charge in [0.1, 0.15) is 5.69 Å². The van der Waals surface area contributed by atoms with Gasteiger partial charge in [0.25, 0.3) is 0 Å². The molecule has 1 aromatic carbocycles. The van der Waals surface area contributed by atoms with Crippen molar-refractivity contribution in [3.63, 3.8) is 0 Å². The fraction of sp³-hybridized carbons (Fsp3) is 0.0769. The van der Waals surface area contributed by atoms with Crippen molar-refractivity contribution >= 4 is 34.2 Å². The third-order valence-corrected chi connectivity index (χ3v) is 3.38. The van der Waals surface area contributed by atoms with Gasteiger partial charge in [-0.15, -0.1) is 0 Å². The minimum Gasteiger partial charge on any atom is -0.337 e. The van der Waals surface area contributed by atoms with Gasteiger partial charge in [0.15, 0.2) is 5.82 Å². The Morgan fingerprint density at radius 3 is 2.61 bits per heavy atom. The Bertz CT molecular complexity index is 695. The van der Waals surface area contributed by atoms with Gasteiger partial charge in [-0.05, 0) is 31.2 Å². The molecule has 18 heavy (non-hydrogen) atoms. The molecule has 0 aliphatic carbocycles. The molecule has 5 heteroatoms. The number of halogens is 2. The van der Waals surface area contributed by atoms with Crippen molar-refractivity contribution in [2.45, 2.75) is 6.92 Å². The molecule has 3 nitrogen and oxygen atoms in total. The third kappa shape index (κ3) is 1.96. The molecule has 2 aromatic heterocycles. The molecule has 0 bridgehead atoms. The van der Waals surface area contributed by atoms with Crippen LogP contribution in [0.1, 0.15) is 5.69 Å². The Morgan fingerprint density at radius 2 is 1.83 bits per heavy atom. The number of nitrogens with zero attached hydrogens (tertiary/aromatic N) is 2. The molecule has 0 fully saturated rings. The van der Waals surface area contributed by atoms with E-state index in [0.29, 0.717) is 15.9 Å². The largest absolute Gasteiger partial charge is 0.337 e. The van der Waals surface area contributed by atoms with Gasteiger partial charge in [-0.3, -0.25) is 0 Å². The van der Waals surface area contributed by atoms with Crippen molar-refractivity contribution in [1.29, 1.82) is 0 Å². The number of aryl methyl sites for hydroxylation is 1. The molecule has 3 aromatic rings. The smallest absolute Gasteiger partial charge is 0.157 e. The maximum atomic E-state index is 5.97. The summed E-state index contributed by atoms with van der Waals surface area (Å²) in [4.78, 5) is 12.1. The second-order valence-corrected chi connectivity index (χ2v) is 4.85. The number of aromatic nitrogens is 3. The van der Waals surface area contributed by atoms with Gasteiger partial charge in [-0.25, -0.2) is 9.97 Å². The molecule has 1 N–H and O–H groups in total. The zero-order valence-electron chi connectivity index (χ0n) is 9.54. The molecule has 2 heterocycles. The van der Waals surface area contributed by atoms with Crippen LogP contribution in [0, 0.1) is 6.92 Å². The normalized spacial score (nSPS) is 11.1. The number of hydrogen-bond donors (Lipinski definition) is 1. The number of imidazole rings is 1. The van der Waals surface area contributed by atoms with Crippen LogP contribution in [-0.4, -0.2) is 15.0 Å². The summed E-state index contributed by atoms with van der Waals surface area (Å²) in [7, 11) is 0. The summed E-state index contributed by atoms with van der Waals surface area (Å²) in [5, 5.41) is 1.01. The molecule has 3 rings (SSSR count). The SMILES string of the molecule is Cc1cccc(-c2nc3cc(Cl)c(Cl)cc3[nH]2)n1. The van der Waals surface area contributed by atoms with E-state index < -0.39 is 0 Å². The van der Waals surface area contributed by atoms with E-state index in [-0.39, 0.29) is 0 Å². The lowest BCUT2D eigenvalue weighted by molar-refractivity contribution is 1.17. The highest BCUT2D eigenvalue weighted by Gasteiger charge is 2.09. The number of hydrogen-bond acceptors (Lipinski definition) is 2. The van der Waals surface area contributed by atoms with Crippen LogP contribution in [0.3, 0.4) is 0 Å². The molecular weight excluding hydrogens is 269 g/mol. The average Bonchev–Trinajstić information content (AvgIpc) is 2.73. The third-order valence-electron chi connectivity index (χ3n) is 2.65. The number of H-pyrrole nitrogens is 1. The molecule has 0 saturated carbocycles. The van der Waals surface area contributed by atoms with Crippen molar-refractivity contribution in [3.05, 3.63) is 46.1 Å². The van der Waals surface area contributed by atoms with Crippen LogP contribution in [0.4, 0.5) is 0 Å². The van der Waals surface area contributed by atoms with E-state index in [4.69, 9.17) is 23.2 Å². The molecule has 0 atom stereocenters. The first-order valence-electron chi connectivity index (χ1n) is 5.42. The maximum absolute atomic E-state index is 5.97. The summed E-state index contributed by atoms with van der Waals surface area (Å²) < 4.78 is 0. The maximum Gasteiger partial charge on any atom is 0.157 e. The van der Waals surface area contributed by atoms with Crippen LogP contribution in [0.2, 0.25) is 10.0 Å². The van der Waals surface area contributed by atoms with Gasteiger partial charge in [-0.1, -0.05) is 29.3 Å². The van der Waals surface area contributed by atoms with Crippen LogP contribution in [0.5, 0.6) is 0 Å². The number of fused-ring (bicyclic) bond motifs is 1. The molecule has 0 aliphatic heterocycles. The Hall–Kier alpha value is -1.58. The summed E-state index contributed by atoms with van der Waals surface area (Å²) in [5.41, 5.74) is 3.38. The number of pyridine rings is 1. The van der Waals surface area contributed by atoms with Crippen LogP contribution < -0.4 is 0 Å². The topological polar surface area (TPSA) is 41.6 Å². The second-order valence-electron chi connectivity index (χ2n) is 4.03. The lowest BCUT2D eigenvalue weighted by Gasteiger charge is -1.96. The summed E-state index contributed by atoms with van der Waals surface area (Å²) >= 11 is 11.9. The van der Waals surface area contributed by atoms with E-state index >= 15 is 0 Å². The predicted molar refractivity (Wildman–Crippen MR) is 74.1 cm³/mol. The quantitative estimate of drug-likeness (QED) is 0.723. The first-order chi connectivity index (χ1) is 8.63. The Kier molecular flexibility index (Phi) is 2.73. The minimum absolute atomic E-state index is 0.499. The predicted octanol–water partition coefficient (Wildman–Crippen LogP) is 4.24. The summed E-state index contributed by atoms with van der Waals surface area (Å²) in [6, 6.07) is 9.32.